The van der Waals surface area contributed by atoms with Gasteiger partial charge in [-0.25, -0.2) is 9.59 Å². The second-order valence-corrected chi connectivity index (χ2v) is 7.70. The van der Waals surface area contributed by atoms with Crippen LogP contribution in [0.25, 0.3) is 0 Å². The van der Waals surface area contributed by atoms with Crippen LogP contribution in [0.4, 0.5) is 0 Å². The Morgan fingerprint density at radius 3 is 1.97 bits per heavy atom. The van der Waals surface area contributed by atoms with E-state index in [9.17, 15) is 5.11 Å². The molecule has 0 amide bonds. The second-order valence-electron chi connectivity index (χ2n) is 6.78. The normalized spacial score (nSPS) is 14.5. The van der Waals surface area contributed by atoms with Gasteiger partial charge in [-0.05, 0) is 35.9 Å². The molecule has 0 spiro atoms. The fourth-order valence-corrected chi connectivity index (χ4v) is 3.42. The average molecular weight is 481 g/mol. The molecule has 9 heteroatoms. The number of nitrogens with zero attached hydrogens (tertiary/aromatic N) is 2. The zero-order valence-electron chi connectivity index (χ0n) is 16.6. The van der Waals surface area contributed by atoms with Crippen LogP contribution in [0.15, 0.2) is 46.9 Å². The number of hydrogen-bond acceptors (Lipinski definition) is 6. The molecule has 2 aromatic rings. The molecule has 8 nitrogen and oxygen atoms in total. The van der Waals surface area contributed by atoms with E-state index in [2.05, 4.69) is 37.9 Å². The van der Waals surface area contributed by atoms with E-state index in [0.29, 0.717) is 5.75 Å². The van der Waals surface area contributed by atoms with E-state index in [4.69, 9.17) is 24.5 Å². The molecule has 0 unspecified atom stereocenters. The van der Waals surface area contributed by atoms with Crippen LogP contribution in [0, 0.1) is 0 Å². The first kappa shape index (κ1) is 23.7. The molecule has 1 fully saturated rings. The molecule has 1 heterocycles. The van der Waals surface area contributed by atoms with Gasteiger partial charge in [0.1, 0.15) is 11.5 Å². The largest absolute Gasteiger partial charge is 0.508 e. The van der Waals surface area contributed by atoms with Gasteiger partial charge < -0.3 is 20.1 Å². The van der Waals surface area contributed by atoms with Gasteiger partial charge in [-0.3, -0.25) is 9.80 Å². The molecular formula is C21H25BrN2O6. The first-order valence-electron chi connectivity index (χ1n) is 9.29. The summed E-state index contributed by atoms with van der Waals surface area (Å²) < 4.78 is 6.21. The Morgan fingerprint density at radius 2 is 1.47 bits per heavy atom. The quantitative estimate of drug-likeness (QED) is 0.560. The number of carboxylic acid groups (broad SMARTS) is 2. The standard InChI is InChI=1S/C19H23BrN2O2.C2H2O4/c1-24-18-5-2-15(3-6-18)13-21-8-10-22(11-9-21)14-16-12-17(20)4-7-19(16)23;3-1(4)2(5)6/h2-7,12,23H,8-11,13-14H2,1H3;(H,3,4)(H,5,6). The van der Waals surface area contributed by atoms with Crippen molar-refractivity contribution >= 4 is 27.9 Å². The molecule has 1 saturated heterocycles. The van der Waals surface area contributed by atoms with E-state index in [1.165, 1.54) is 5.56 Å². The Hall–Kier alpha value is -2.62. The van der Waals surface area contributed by atoms with Gasteiger partial charge in [0.05, 0.1) is 7.11 Å². The number of ether oxygens (including phenoxy) is 1. The van der Waals surface area contributed by atoms with Crippen molar-refractivity contribution in [3.8, 4) is 11.5 Å². The Kier molecular flexibility index (Phi) is 9.10. The van der Waals surface area contributed by atoms with Crippen molar-refractivity contribution in [3.63, 3.8) is 0 Å². The van der Waals surface area contributed by atoms with E-state index in [1.54, 1.807) is 13.2 Å². The molecular weight excluding hydrogens is 456 g/mol. The third kappa shape index (κ3) is 7.66. The maximum atomic E-state index is 9.99. The van der Waals surface area contributed by atoms with E-state index in [1.807, 2.05) is 24.3 Å². The summed E-state index contributed by atoms with van der Waals surface area (Å²) in [6, 6.07) is 13.9. The minimum Gasteiger partial charge on any atom is -0.508 e. The van der Waals surface area contributed by atoms with Crippen molar-refractivity contribution in [2.45, 2.75) is 13.1 Å². The van der Waals surface area contributed by atoms with E-state index >= 15 is 0 Å². The van der Waals surface area contributed by atoms with Gasteiger partial charge in [0.15, 0.2) is 0 Å². The van der Waals surface area contributed by atoms with Gasteiger partial charge in [0.25, 0.3) is 0 Å². The molecule has 0 aromatic heterocycles. The number of aromatic hydroxyl groups is 1. The summed E-state index contributed by atoms with van der Waals surface area (Å²) in [5.41, 5.74) is 2.29. The first-order valence-corrected chi connectivity index (χ1v) is 10.1. The van der Waals surface area contributed by atoms with Crippen molar-refractivity contribution in [2.75, 3.05) is 33.3 Å². The zero-order valence-corrected chi connectivity index (χ0v) is 18.2. The Labute approximate surface area is 183 Å². The molecule has 0 bridgehead atoms. The van der Waals surface area contributed by atoms with Gasteiger partial charge >= 0.3 is 11.9 Å². The fraction of sp³-hybridized carbons (Fsp3) is 0.333. The van der Waals surface area contributed by atoms with Crippen molar-refractivity contribution in [3.05, 3.63) is 58.1 Å². The first-order chi connectivity index (χ1) is 14.3. The molecule has 1 aliphatic heterocycles. The van der Waals surface area contributed by atoms with Gasteiger partial charge in [-0.1, -0.05) is 28.1 Å². The number of benzene rings is 2. The van der Waals surface area contributed by atoms with Crippen LogP contribution >= 0.6 is 15.9 Å². The van der Waals surface area contributed by atoms with E-state index in [0.717, 1.165) is 55.1 Å². The van der Waals surface area contributed by atoms with Crippen LogP contribution < -0.4 is 4.74 Å². The van der Waals surface area contributed by atoms with Crippen LogP contribution in [-0.2, 0) is 22.7 Å². The van der Waals surface area contributed by atoms with Gasteiger partial charge in [-0.2, -0.15) is 0 Å². The molecule has 3 rings (SSSR count). The van der Waals surface area contributed by atoms with Crippen LogP contribution in [0.3, 0.4) is 0 Å². The summed E-state index contributed by atoms with van der Waals surface area (Å²) in [7, 11) is 1.69. The van der Waals surface area contributed by atoms with E-state index in [-0.39, 0.29) is 0 Å². The monoisotopic (exact) mass is 480 g/mol. The molecule has 2 aromatic carbocycles. The molecule has 0 radical (unpaired) electrons. The number of methoxy groups -OCH3 is 1. The van der Waals surface area contributed by atoms with Crippen LogP contribution in [0.2, 0.25) is 0 Å². The summed E-state index contributed by atoms with van der Waals surface area (Å²) in [4.78, 5) is 23.1. The van der Waals surface area contributed by atoms with E-state index < -0.39 is 11.9 Å². The highest BCUT2D eigenvalue weighted by Crippen LogP contribution is 2.24. The predicted octanol–water partition coefficient (Wildman–Crippen LogP) is 2.64. The van der Waals surface area contributed by atoms with Crippen molar-refractivity contribution in [2.24, 2.45) is 0 Å². The lowest BCUT2D eigenvalue weighted by molar-refractivity contribution is -0.159. The summed E-state index contributed by atoms with van der Waals surface area (Å²) in [6.07, 6.45) is 0. The maximum absolute atomic E-state index is 9.99. The number of aliphatic carboxylic acids is 2. The third-order valence-corrected chi connectivity index (χ3v) is 5.14. The summed E-state index contributed by atoms with van der Waals surface area (Å²) in [5, 5.41) is 24.8. The lowest BCUT2D eigenvalue weighted by Crippen LogP contribution is -2.45. The Morgan fingerprint density at radius 1 is 0.933 bits per heavy atom. The Bertz CT molecular complexity index is 839. The smallest absolute Gasteiger partial charge is 0.414 e. The summed E-state index contributed by atoms with van der Waals surface area (Å²) in [6.45, 7) is 5.88. The summed E-state index contributed by atoms with van der Waals surface area (Å²) in [5.74, 6) is -2.37. The SMILES string of the molecule is COc1ccc(CN2CCN(Cc3cc(Br)ccc3O)CC2)cc1.O=C(O)C(=O)O. The van der Waals surface area contributed by atoms with Crippen molar-refractivity contribution in [1.82, 2.24) is 9.80 Å². The number of carbonyl (C=O) groups is 2. The number of halogens is 1. The highest BCUT2D eigenvalue weighted by molar-refractivity contribution is 9.10. The maximum Gasteiger partial charge on any atom is 0.414 e. The average Bonchev–Trinajstić information content (AvgIpc) is 2.73. The van der Waals surface area contributed by atoms with Crippen LogP contribution in [0.5, 0.6) is 11.5 Å². The molecule has 30 heavy (non-hydrogen) atoms. The Balaban J connectivity index is 0.000000469. The predicted molar refractivity (Wildman–Crippen MR) is 115 cm³/mol. The molecule has 3 N–H and O–H groups in total. The number of phenols is 1. The fourth-order valence-electron chi connectivity index (χ4n) is 3.02. The lowest BCUT2D eigenvalue weighted by Gasteiger charge is -2.34. The highest BCUT2D eigenvalue weighted by Gasteiger charge is 2.18. The molecule has 1 aliphatic rings. The van der Waals surface area contributed by atoms with Crippen molar-refractivity contribution in [1.29, 1.82) is 0 Å². The van der Waals surface area contributed by atoms with Crippen molar-refractivity contribution < 1.29 is 29.6 Å². The number of piperazine rings is 1. The molecule has 0 saturated carbocycles. The van der Waals surface area contributed by atoms with Gasteiger partial charge in [0.2, 0.25) is 0 Å². The summed E-state index contributed by atoms with van der Waals surface area (Å²) >= 11 is 3.47. The second kappa shape index (κ2) is 11.5. The molecule has 162 valence electrons. The number of hydrogen-bond donors (Lipinski definition) is 3. The minimum absolute atomic E-state index is 0.374. The highest BCUT2D eigenvalue weighted by atomic mass is 79.9. The number of phenolic OH excluding ortho intramolecular Hbond substituents is 1. The van der Waals surface area contributed by atoms with Crippen LogP contribution in [0.1, 0.15) is 11.1 Å². The zero-order chi connectivity index (χ0) is 22.1. The van der Waals surface area contributed by atoms with Gasteiger partial charge in [0, 0.05) is 49.3 Å². The molecule has 0 atom stereocenters. The number of carboxylic acids is 2. The van der Waals surface area contributed by atoms with Gasteiger partial charge in [-0.15, -0.1) is 0 Å². The van der Waals surface area contributed by atoms with Crippen LogP contribution in [-0.4, -0.2) is 70.3 Å². The topological polar surface area (TPSA) is 111 Å². The molecule has 0 aliphatic carbocycles. The third-order valence-electron chi connectivity index (χ3n) is 4.65. The lowest BCUT2D eigenvalue weighted by atomic mass is 10.1. The minimum atomic E-state index is -1.82. The number of rotatable bonds is 5.